The van der Waals surface area contributed by atoms with Crippen LogP contribution in [-0.2, 0) is 19.6 Å². The quantitative estimate of drug-likeness (QED) is 0.699. The summed E-state index contributed by atoms with van der Waals surface area (Å²) in [5.74, 6) is -2.47. The molecule has 2 aromatic rings. The zero-order chi connectivity index (χ0) is 21.1. The van der Waals surface area contributed by atoms with Gasteiger partial charge in [0.05, 0.1) is 26.2 Å². The van der Waals surface area contributed by atoms with Gasteiger partial charge in [-0.05, 0) is 36.8 Å². The Morgan fingerprint density at radius 1 is 1.04 bits per heavy atom. The zero-order valence-corrected chi connectivity index (χ0v) is 16.4. The number of nitrogens with one attached hydrogen (secondary N) is 1. The molecule has 1 N–H and O–H groups in total. The van der Waals surface area contributed by atoms with E-state index in [1.807, 2.05) is 0 Å². The first kappa shape index (κ1) is 21.6. The molecule has 2 rings (SSSR count). The molecule has 0 aliphatic heterocycles. The average Bonchev–Trinajstić information content (AvgIpc) is 2.67. The summed E-state index contributed by atoms with van der Waals surface area (Å²) in [5, 5.41) is 0. The van der Waals surface area contributed by atoms with Crippen molar-refractivity contribution >= 4 is 16.0 Å². The molecule has 1 atom stereocenters. The predicted octanol–water partition coefficient (Wildman–Crippen LogP) is 2.48. The molecule has 0 saturated heterocycles. The van der Waals surface area contributed by atoms with Gasteiger partial charge in [-0.25, -0.2) is 22.0 Å². The minimum Gasteiger partial charge on any atom is -0.493 e. The van der Waals surface area contributed by atoms with Crippen molar-refractivity contribution < 1.29 is 36.2 Å². The maximum Gasteiger partial charge on any atom is 0.328 e. The molecule has 0 fully saturated rings. The fraction of sp³-hybridized carbons (Fsp3) is 0.278. The molecule has 0 radical (unpaired) electrons. The summed E-state index contributed by atoms with van der Waals surface area (Å²) in [7, 11) is -0.631. The molecule has 0 saturated carbocycles. The number of methoxy groups -OCH3 is 3. The number of rotatable bonds is 7. The van der Waals surface area contributed by atoms with E-state index >= 15 is 0 Å². The SMILES string of the molecule is COC(=O)C(NS(=O)(=O)c1cc(OC)c(OC)cc1C)c1cc(F)ccc1F. The van der Waals surface area contributed by atoms with Gasteiger partial charge in [0.25, 0.3) is 0 Å². The van der Waals surface area contributed by atoms with Crippen molar-refractivity contribution in [3.05, 3.63) is 53.1 Å². The van der Waals surface area contributed by atoms with Crippen LogP contribution in [0.1, 0.15) is 17.2 Å². The molecule has 0 aliphatic carbocycles. The lowest BCUT2D eigenvalue weighted by Gasteiger charge is -2.19. The van der Waals surface area contributed by atoms with Gasteiger partial charge in [0.2, 0.25) is 10.0 Å². The van der Waals surface area contributed by atoms with Crippen LogP contribution in [-0.4, -0.2) is 35.7 Å². The predicted molar refractivity (Wildman–Crippen MR) is 95.7 cm³/mol. The van der Waals surface area contributed by atoms with E-state index in [9.17, 15) is 22.0 Å². The smallest absolute Gasteiger partial charge is 0.328 e. The molecule has 1 unspecified atom stereocenters. The van der Waals surface area contributed by atoms with E-state index in [1.54, 1.807) is 0 Å². The van der Waals surface area contributed by atoms with Crippen LogP contribution in [0.2, 0.25) is 0 Å². The van der Waals surface area contributed by atoms with Gasteiger partial charge in [-0.1, -0.05) is 0 Å². The number of hydrogen-bond donors (Lipinski definition) is 1. The van der Waals surface area contributed by atoms with E-state index in [4.69, 9.17) is 9.47 Å². The molecular weight excluding hydrogens is 396 g/mol. The van der Waals surface area contributed by atoms with Gasteiger partial charge < -0.3 is 14.2 Å². The Bertz CT molecular complexity index is 994. The van der Waals surface area contributed by atoms with Crippen molar-refractivity contribution in [2.45, 2.75) is 17.9 Å². The standard InChI is InChI=1S/C18H19F2NO6S/c1-10-7-14(25-2)15(26-3)9-16(10)28(23,24)21-17(18(22)27-4)12-8-11(19)5-6-13(12)20/h5-9,17,21H,1-4H3. The second kappa shape index (κ2) is 8.53. The normalized spacial score (nSPS) is 12.4. The molecule has 10 heteroatoms. The van der Waals surface area contributed by atoms with Gasteiger partial charge in [-0.2, -0.15) is 4.72 Å². The Labute approximate surface area is 161 Å². The number of carbonyl (C=O) groups is 1. The summed E-state index contributed by atoms with van der Waals surface area (Å²) < 4.78 is 70.3. The molecule has 152 valence electrons. The van der Waals surface area contributed by atoms with Crippen LogP contribution in [0.25, 0.3) is 0 Å². The number of hydrogen-bond acceptors (Lipinski definition) is 6. The minimum atomic E-state index is -4.36. The highest BCUT2D eigenvalue weighted by Gasteiger charge is 2.32. The second-order valence-electron chi connectivity index (χ2n) is 5.72. The fourth-order valence-electron chi connectivity index (χ4n) is 2.56. The summed E-state index contributed by atoms with van der Waals surface area (Å²) in [6.07, 6.45) is 0. The van der Waals surface area contributed by atoms with E-state index in [1.165, 1.54) is 33.3 Å². The number of esters is 1. The fourth-order valence-corrected chi connectivity index (χ4v) is 3.97. The topological polar surface area (TPSA) is 90.9 Å². The number of aryl methyl sites for hydroxylation is 1. The lowest BCUT2D eigenvalue weighted by Crippen LogP contribution is -2.35. The Morgan fingerprint density at radius 2 is 1.64 bits per heavy atom. The van der Waals surface area contributed by atoms with Crippen molar-refractivity contribution in [1.82, 2.24) is 4.72 Å². The van der Waals surface area contributed by atoms with Crippen LogP contribution in [0.15, 0.2) is 35.2 Å². The van der Waals surface area contributed by atoms with Crippen LogP contribution < -0.4 is 14.2 Å². The summed E-state index contributed by atoms with van der Waals surface area (Å²) >= 11 is 0. The number of benzene rings is 2. The van der Waals surface area contributed by atoms with Gasteiger partial charge in [-0.15, -0.1) is 0 Å². The molecule has 0 aliphatic rings. The van der Waals surface area contributed by atoms with Crippen LogP contribution >= 0.6 is 0 Å². The molecule has 0 heterocycles. The highest BCUT2D eigenvalue weighted by atomic mass is 32.2. The number of sulfonamides is 1. The Morgan fingerprint density at radius 3 is 2.21 bits per heavy atom. The highest BCUT2D eigenvalue weighted by Crippen LogP contribution is 2.33. The maximum atomic E-state index is 14.1. The van der Waals surface area contributed by atoms with Crippen LogP contribution in [0.4, 0.5) is 8.78 Å². The first-order chi connectivity index (χ1) is 13.1. The average molecular weight is 415 g/mol. The van der Waals surface area contributed by atoms with Gasteiger partial charge in [0.1, 0.15) is 17.7 Å². The second-order valence-corrected chi connectivity index (χ2v) is 7.40. The molecule has 0 spiro atoms. The number of halogens is 2. The van der Waals surface area contributed by atoms with Crippen LogP contribution in [0.3, 0.4) is 0 Å². The van der Waals surface area contributed by atoms with Crippen molar-refractivity contribution in [3.63, 3.8) is 0 Å². The van der Waals surface area contributed by atoms with E-state index in [-0.39, 0.29) is 16.2 Å². The molecule has 0 bridgehead atoms. The van der Waals surface area contributed by atoms with Crippen molar-refractivity contribution in [1.29, 1.82) is 0 Å². The van der Waals surface area contributed by atoms with Crippen LogP contribution in [0, 0.1) is 18.6 Å². The monoisotopic (exact) mass is 415 g/mol. The third-order valence-electron chi connectivity index (χ3n) is 3.95. The lowest BCUT2D eigenvalue weighted by atomic mass is 10.1. The molecule has 0 aromatic heterocycles. The van der Waals surface area contributed by atoms with Crippen molar-refractivity contribution in [3.8, 4) is 11.5 Å². The summed E-state index contributed by atoms with van der Waals surface area (Å²) in [4.78, 5) is 11.9. The molecule has 0 amide bonds. The summed E-state index contributed by atoms with van der Waals surface area (Å²) in [6.45, 7) is 1.51. The van der Waals surface area contributed by atoms with E-state index < -0.39 is 39.2 Å². The lowest BCUT2D eigenvalue weighted by molar-refractivity contribution is -0.142. The summed E-state index contributed by atoms with van der Waals surface area (Å²) in [5.41, 5.74) is -0.220. The molecule has 28 heavy (non-hydrogen) atoms. The summed E-state index contributed by atoms with van der Waals surface area (Å²) in [6, 6.07) is 3.20. The van der Waals surface area contributed by atoms with Gasteiger partial charge >= 0.3 is 5.97 Å². The molecular formula is C18H19F2NO6S. The van der Waals surface area contributed by atoms with Crippen molar-refractivity contribution in [2.75, 3.05) is 21.3 Å². The first-order valence-electron chi connectivity index (χ1n) is 7.92. The van der Waals surface area contributed by atoms with Gasteiger partial charge in [0.15, 0.2) is 11.5 Å². The van der Waals surface area contributed by atoms with E-state index in [0.717, 1.165) is 25.3 Å². The highest BCUT2D eigenvalue weighted by molar-refractivity contribution is 7.89. The van der Waals surface area contributed by atoms with Gasteiger partial charge in [-0.3, -0.25) is 0 Å². The van der Waals surface area contributed by atoms with E-state index in [2.05, 4.69) is 9.46 Å². The first-order valence-corrected chi connectivity index (χ1v) is 9.40. The number of carbonyl (C=O) groups excluding carboxylic acids is 1. The molecule has 7 nitrogen and oxygen atoms in total. The Hall–Kier alpha value is -2.72. The zero-order valence-electron chi connectivity index (χ0n) is 15.6. The van der Waals surface area contributed by atoms with Crippen molar-refractivity contribution in [2.24, 2.45) is 0 Å². The third kappa shape index (κ3) is 4.39. The maximum absolute atomic E-state index is 14.1. The van der Waals surface area contributed by atoms with E-state index in [0.29, 0.717) is 5.75 Å². The number of ether oxygens (including phenoxy) is 3. The minimum absolute atomic E-state index is 0.139. The Balaban J connectivity index is 2.55. The molecule has 2 aromatic carbocycles. The largest absolute Gasteiger partial charge is 0.493 e. The van der Waals surface area contributed by atoms with Gasteiger partial charge in [0, 0.05) is 11.6 Å². The Kier molecular flexibility index (Phi) is 6.57. The third-order valence-corrected chi connectivity index (χ3v) is 5.51. The van der Waals surface area contributed by atoms with Crippen LogP contribution in [0.5, 0.6) is 11.5 Å².